The van der Waals surface area contributed by atoms with E-state index in [1.807, 2.05) is 13.8 Å². The standard InChI is InChI=1S/C16H17N3O4/c1-9-11(10(2)23-17-9)3-6-19-15(20)14-12-5-8-22-13(12)4-7-18(14)16(19)21/h5,8,14H,3-4,6-7H2,1-2H3. The molecule has 2 aliphatic heterocycles. The number of rotatable bonds is 3. The molecule has 120 valence electrons. The summed E-state index contributed by atoms with van der Waals surface area (Å²) in [5, 5.41) is 3.91. The summed E-state index contributed by atoms with van der Waals surface area (Å²) in [6.07, 6.45) is 2.78. The van der Waals surface area contributed by atoms with Crippen molar-refractivity contribution in [2.45, 2.75) is 32.7 Å². The molecule has 0 radical (unpaired) electrons. The minimum Gasteiger partial charge on any atom is -0.469 e. The fourth-order valence-electron chi connectivity index (χ4n) is 3.47. The van der Waals surface area contributed by atoms with Crippen LogP contribution in [-0.2, 0) is 17.6 Å². The summed E-state index contributed by atoms with van der Waals surface area (Å²) in [5.41, 5.74) is 2.57. The van der Waals surface area contributed by atoms with Gasteiger partial charge < -0.3 is 13.8 Å². The Balaban J connectivity index is 1.57. The number of aryl methyl sites for hydroxylation is 2. The van der Waals surface area contributed by atoms with Crippen LogP contribution in [0.3, 0.4) is 0 Å². The van der Waals surface area contributed by atoms with Crippen LogP contribution in [0.2, 0.25) is 0 Å². The van der Waals surface area contributed by atoms with E-state index in [2.05, 4.69) is 5.16 Å². The largest absolute Gasteiger partial charge is 0.469 e. The fourth-order valence-corrected chi connectivity index (χ4v) is 3.47. The average Bonchev–Trinajstić information content (AvgIpc) is 3.19. The van der Waals surface area contributed by atoms with Crippen molar-refractivity contribution in [3.63, 3.8) is 0 Å². The second kappa shape index (κ2) is 4.97. The third-order valence-electron chi connectivity index (χ3n) is 4.71. The second-order valence-electron chi connectivity index (χ2n) is 5.97. The summed E-state index contributed by atoms with van der Waals surface area (Å²) in [7, 11) is 0. The summed E-state index contributed by atoms with van der Waals surface area (Å²) in [5.74, 6) is 1.36. The van der Waals surface area contributed by atoms with Crippen LogP contribution in [0.1, 0.15) is 34.4 Å². The van der Waals surface area contributed by atoms with Gasteiger partial charge in [-0.3, -0.25) is 9.69 Å². The Hall–Kier alpha value is -2.57. The molecule has 0 N–H and O–H groups in total. The van der Waals surface area contributed by atoms with Crippen molar-refractivity contribution in [3.8, 4) is 0 Å². The molecule has 0 saturated carbocycles. The van der Waals surface area contributed by atoms with Crippen molar-refractivity contribution in [2.75, 3.05) is 13.1 Å². The minimum atomic E-state index is -0.533. The van der Waals surface area contributed by atoms with Crippen molar-refractivity contribution in [1.82, 2.24) is 15.0 Å². The number of aromatic nitrogens is 1. The maximum atomic E-state index is 12.7. The molecule has 2 aliphatic rings. The number of urea groups is 1. The molecule has 2 aromatic rings. The van der Waals surface area contributed by atoms with Gasteiger partial charge in [0.15, 0.2) is 0 Å². The van der Waals surface area contributed by atoms with E-state index in [9.17, 15) is 9.59 Å². The molecule has 1 fully saturated rings. The highest BCUT2D eigenvalue weighted by Crippen LogP contribution is 2.37. The van der Waals surface area contributed by atoms with Crippen LogP contribution in [0.15, 0.2) is 21.3 Å². The summed E-state index contributed by atoms with van der Waals surface area (Å²) in [4.78, 5) is 28.3. The lowest BCUT2D eigenvalue weighted by atomic mass is 10.0. The lowest BCUT2D eigenvalue weighted by Crippen LogP contribution is -2.36. The van der Waals surface area contributed by atoms with Gasteiger partial charge in [0.25, 0.3) is 5.91 Å². The number of hydrogen-bond donors (Lipinski definition) is 0. The summed E-state index contributed by atoms with van der Waals surface area (Å²) < 4.78 is 10.5. The van der Waals surface area contributed by atoms with E-state index >= 15 is 0 Å². The van der Waals surface area contributed by atoms with E-state index in [-0.39, 0.29) is 11.9 Å². The van der Waals surface area contributed by atoms with Crippen LogP contribution >= 0.6 is 0 Å². The summed E-state index contributed by atoms with van der Waals surface area (Å²) in [6.45, 7) is 4.54. The number of carbonyl (C=O) groups excluding carboxylic acids is 2. The molecule has 2 aromatic heterocycles. The Bertz CT molecular complexity index is 772. The molecule has 3 amide bonds. The van der Waals surface area contributed by atoms with Gasteiger partial charge in [0.05, 0.1) is 12.0 Å². The summed E-state index contributed by atoms with van der Waals surface area (Å²) in [6, 6.07) is 1.03. The number of fused-ring (bicyclic) bond motifs is 3. The van der Waals surface area contributed by atoms with Crippen molar-refractivity contribution < 1.29 is 18.5 Å². The first-order valence-electron chi connectivity index (χ1n) is 7.68. The zero-order valence-corrected chi connectivity index (χ0v) is 13.0. The van der Waals surface area contributed by atoms with Gasteiger partial charge in [0.1, 0.15) is 17.6 Å². The Kier molecular flexibility index (Phi) is 3.04. The predicted molar refractivity (Wildman–Crippen MR) is 78.6 cm³/mol. The van der Waals surface area contributed by atoms with Crippen LogP contribution in [-0.4, -0.2) is 40.0 Å². The average molecular weight is 315 g/mol. The number of amides is 3. The molecule has 0 aliphatic carbocycles. The molecule has 0 bridgehead atoms. The summed E-state index contributed by atoms with van der Waals surface area (Å²) >= 11 is 0. The van der Waals surface area contributed by atoms with E-state index in [4.69, 9.17) is 8.94 Å². The molecule has 4 heterocycles. The minimum absolute atomic E-state index is 0.177. The molecule has 1 unspecified atom stereocenters. The molecule has 0 spiro atoms. The molecule has 7 nitrogen and oxygen atoms in total. The molecular weight excluding hydrogens is 298 g/mol. The van der Waals surface area contributed by atoms with Crippen molar-refractivity contribution in [2.24, 2.45) is 0 Å². The first kappa shape index (κ1) is 14.0. The van der Waals surface area contributed by atoms with Crippen molar-refractivity contribution >= 4 is 11.9 Å². The highest BCUT2D eigenvalue weighted by Gasteiger charge is 2.48. The van der Waals surface area contributed by atoms with Crippen molar-refractivity contribution in [1.29, 1.82) is 0 Å². The smallest absolute Gasteiger partial charge is 0.327 e. The highest BCUT2D eigenvalue weighted by molar-refractivity contribution is 6.05. The Morgan fingerprint density at radius 1 is 1.35 bits per heavy atom. The van der Waals surface area contributed by atoms with Crippen LogP contribution in [0.5, 0.6) is 0 Å². The van der Waals surface area contributed by atoms with Crippen LogP contribution < -0.4 is 0 Å². The third-order valence-corrected chi connectivity index (χ3v) is 4.71. The number of hydrogen-bond acceptors (Lipinski definition) is 5. The molecule has 23 heavy (non-hydrogen) atoms. The molecule has 7 heteroatoms. The fraction of sp³-hybridized carbons (Fsp3) is 0.438. The predicted octanol–water partition coefficient (Wildman–Crippen LogP) is 1.99. The molecule has 1 atom stereocenters. The maximum Gasteiger partial charge on any atom is 0.327 e. The van der Waals surface area contributed by atoms with E-state index in [1.165, 1.54) is 4.90 Å². The lowest BCUT2D eigenvalue weighted by molar-refractivity contribution is -0.128. The van der Waals surface area contributed by atoms with Gasteiger partial charge in [0.2, 0.25) is 0 Å². The third kappa shape index (κ3) is 1.99. The van der Waals surface area contributed by atoms with Gasteiger partial charge in [-0.25, -0.2) is 4.79 Å². The lowest BCUT2D eigenvalue weighted by Gasteiger charge is -2.25. The number of imide groups is 1. The topological polar surface area (TPSA) is 79.8 Å². The van der Waals surface area contributed by atoms with E-state index in [1.54, 1.807) is 17.2 Å². The van der Waals surface area contributed by atoms with Gasteiger partial charge >= 0.3 is 6.03 Å². The number of nitrogens with zero attached hydrogens (tertiary/aromatic N) is 3. The van der Waals surface area contributed by atoms with Gasteiger partial charge in [-0.15, -0.1) is 0 Å². The molecule has 4 rings (SSSR count). The molecular formula is C16H17N3O4. The molecule has 1 saturated heterocycles. The quantitative estimate of drug-likeness (QED) is 0.809. The number of carbonyl (C=O) groups is 2. The first-order chi connectivity index (χ1) is 11.1. The number of furan rings is 1. The Morgan fingerprint density at radius 3 is 2.91 bits per heavy atom. The zero-order chi connectivity index (χ0) is 16.1. The Morgan fingerprint density at radius 2 is 2.17 bits per heavy atom. The van der Waals surface area contributed by atoms with Crippen LogP contribution in [0.4, 0.5) is 4.79 Å². The van der Waals surface area contributed by atoms with Gasteiger partial charge in [-0.05, 0) is 26.3 Å². The zero-order valence-electron chi connectivity index (χ0n) is 13.0. The van der Waals surface area contributed by atoms with Crippen molar-refractivity contribution in [3.05, 3.63) is 40.7 Å². The monoisotopic (exact) mass is 315 g/mol. The SMILES string of the molecule is Cc1noc(C)c1CCN1C(=O)C2c3ccoc3CCN2C1=O. The van der Waals surface area contributed by atoms with E-state index in [0.717, 1.165) is 28.3 Å². The van der Waals surface area contributed by atoms with Gasteiger partial charge in [0, 0.05) is 30.6 Å². The second-order valence-corrected chi connectivity index (χ2v) is 5.97. The normalized spacial score (nSPS) is 20.2. The highest BCUT2D eigenvalue weighted by atomic mass is 16.5. The van der Waals surface area contributed by atoms with Crippen LogP contribution in [0.25, 0.3) is 0 Å². The Labute approximate surface area is 132 Å². The van der Waals surface area contributed by atoms with Crippen LogP contribution in [0, 0.1) is 13.8 Å². The molecule has 0 aromatic carbocycles. The first-order valence-corrected chi connectivity index (χ1v) is 7.68. The van der Waals surface area contributed by atoms with E-state index < -0.39 is 6.04 Å². The van der Waals surface area contributed by atoms with Gasteiger partial charge in [-0.1, -0.05) is 5.16 Å². The van der Waals surface area contributed by atoms with Gasteiger partial charge in [-0.2, -0.15) is 0 Å². The maximum absolute atomic E-state index is 12.7. The van der Waals surface area contributed by atoms with E-state index in [0.29, 0.717) is 25.9 Å².